The van der Waals surface area contributed by atoms with Crippen molar-refractivity contribution in [2.45, 2.75) is 31.3 Å². The molecule has 0 saturated heterocycles. The Labute approximate surface area is 221 Å². The Morgan fingerprint density at radius 1 is 1.06 bits per heavy atom. The lowest BCUT2D eigenvalue weighted by molar-refractivity contribution is -0.385. The first-order valence-electron chi connectivity index (χ1n) is 10.8. The van der Waals surface area contributed by atoms with Crippen molar-refractivity contribution in [1.82, 2.24) is 20.1 Å². The van der Waals surface area contributed by atoms with E-state index in [1.807, 2.05) is 25.1 Å². The summed E-state index contributed by atoms with van der Waals surface area (Å²) in [6, 6.07) is 17.5. The molecule has 0 aliphatic carbocycles. The summed E-state index contributed by atoms with van der Waals surface area (Å²) in [6.45, 7) is 3.68. The molecule has 184 valence electrons. The third kappa shape index (κ3) is 5.70. The molecule has 11 heteroatoms. The molecule has 0 radical (unpaired) electrons. The molecule has 0 fully saturated rings. The fourth-order valence-corrected chi connectivity index (χ4v) is 4.94. The summed E-state index contributed by atoms with van der Waals surface area (Å²) >= 11 is 14.2. The Balaban J connectivity index is 1.62. The van der Waals surface area contributed by atoms with Crippen LogP contribution in [0.4, 0.5) is 5.69 Å². The Morgan fingerprint density at radius 3 is 2.58 bits per heavy atom. The molecule has 0 bridgehead atoms. The van der Waals surface area contributed by atoms with Crippen LogP contribution < -0.4 is 5.32 Å². The zero-order valence-electron chi connectivity index (χ0n) is 19.4. The maximum atomic E-state index is 12.8. The van der Waals surface area contributed by atoms with E-state index in [1.165, 1.54) is 17.8 Å². The summed E-state index contributed by atoms with van der Waals surface area (Å²) in [5, 5.41) is 24.2. The fraction of sp³-hybridized carbons (Fsp3) is 0.160. The van der Waals surface area contributed by atoms with Crippen molar-refractivity contribution in [3.05, 3.63) is 109 Å². The molecule has 8 nitrogen and oxygen atoms in total. The number of nitro groups is 1. The quantitative estimate of drug-likeness (QED) is 0.159. The minimum atomic E-state index is -0.512. The van der Waals surface area contributed by atoms with Crippen molar-refractivity contribution < 1.29 is 9.72 Å². The predicted octanol–water partition coefficient (Wildman–Crippen LogP) is 6.32. The van der Waals surface area contributed by atoms with Gasteiger partial charge in [-0.15, -0.1) is 10.2 Å². The highest BCUT2D eigenvalue weighted by molar-refractivity contribution is 7.98. The molecule has 1 amide bonds. The number of hydrogen-bond acceptors (Lipinski definition) is 6. The van der Waals surface area contributed by atoms with E-state index in [-0.39, 0.29) is 17.8 Å². The van der Waals surface area contributed by atoms with E-state index >= 15 is 0 Å². The Hall–Kier alpha value is -3.40. The summed E-state index contributed by atoms with van der Waals surface area (Å²) in [4.78, 5) is 23.5. The molecule has 0 aliphatic heterocycles. The van der Waals surface area contributed by atoms with E-state index in [4.69, 9.17) is 23.2 Å². The Bertz CT molecular complexity index is 1460. The third-order valence-corrected chi connectivity index (χ3v) is 7.08. The van der Waals surface area contributed by atoms with Crippen molar-refractivity contribution in [3.63, 3.8) is 0 Å². The summed E-state index contributed by atoms with van der Waals surface area (Å²) in [5.41, 5.74) is 3.43. The second kappa shape index (κ2) is 11.1. The summed E-state index contributed by atoms with van der Waals surface area (Å²) in [5.74, 6) is 0.614. The van der Waals surface area contributed by atoms with Gasteiger partial charge in [0.05, 0.1) is 22.2 Å². The molecule has 0 aliphatic rings. The van der Waals surface area contributed by atoms with Crippen molar-refractivity contribution in [3.8, 4) is 5.69 Å². The number of thioether (sulfide) groups is 1. The van der Waals surface area contributed by atoms with E-state index in [1.54, 1.807) is 41.8 Å². The van der Waals surface area contributed by atoms with Crippen molar-refractivity contribution >= 4 is 46.6 Å². The van der Waals surface area contributed by atoms with Gasteiger partial charge in [0.2, 0.25) is 0 Å². The first-order valence-corrected chi connectivity index (χ1v) is 12.6. The minimum absolute atomic E-state index is 0.0152. The molecular weight excluding hydrogens is 521 g/mol. The first kappa shape index (κ1) is 25.7. The van der Waals surface area contributed by atoms with Gasteiger partial charge in [-0.1, -0.05) is 65.3 Å². The van der Waals surface area contributed by atoms with E-state index in [0.29, 0.717) is 38.0 Å². The van der Waals surface area contributed by atoms with Gasteiger partial charge in [-0.05, 0) is 49.2 Å². The van der Waals surface area contributed by atoms with Crippen LogP contribution in [0.15, 0.2) is 65.8 Å². The van der Waals surface area contributed by atoms with Crippen LogP contribution in [0.25, 0.3) is 5.69 Å². The summed E-state index contributed by atoms with van der Waals surface area (Å²) in [6.07, 6.45) is 0. The SMILES string of the molecule is Cc1ccccc1CSc1nnc(CNC(=O)c2ccc(C)c([N+](=O)[O-])c2)n1-c1cc(Cl)ccc1Cl. The normalized spacial score (nSPS) is 10.9. The monoisotopic (exact) mass is 541 g/mol. The van der Waals surface area contributed by atoms with Crippen LogP contribution in [-0.2, 0) is 12.3 Å². The molecular formula is C25H21Cl2N5O3S. The fourth-order valence-electron chi connectivity index (χ4n) is 3.53. The molecule has 1 aromatic heterocycles. The number of nitrogens with one attached hydrogen (secondary N) is 1. The van der Waals surface area contributed by atoms with Crippen LogP contribution in [0, 0.1) is 24.0 Å². The predicted molar refractivity (Wildman–Crippen MR) is 141 cm³/mol. The van der Waals surface area contributed by atoms with Crippen LogP contribution in [0.5, 0.6) is 0 Å². The Kier molecular flexibility index (Phi) is 7.93. The van der Waals surface area contributed by atoms with Gasteiger partial charge in [-0.25, -0.2) is 0 Å². The zero-order valence-corrected chi connectivity index (χ0v) is 21.7. The first-order chi connectivity index (χ1) is 17.2. The van der Waals surface area contributed by atoms with Crippen LogP contribution in [0.2, 0.25) is 10.0 Å². The number of nitro benzene ring substituents is 1. The molecule has 0 unspecified atom stereocenters. The van der Waals surface area contributed by atoms with E-state index in [2.05, 4.69) is 21.6 Å². The second-order valence-corrected chi connectivity index (χ2v) is 9.77. The Morgan fingerprint density at radius 2 is 1.83 bits per heavy atom. The van der Waals surface area contributed by atoms with Gasteiger partial charge in [0.1, 0.15) is 0 Å². The topological polar surface area (TPSA) is 103 Å². The molecule has 3 aromatic carbocycles. The van der Waals surface area contributed by atoms with Crippen LogP contribution in [0.3, 0.4) is 0 Å². The van der Waals surface area contributed by atoms with Gasteiger partial charge in [-0.2, -0.15) is 0 Å². The van der Waals surface area contributed by atoms with Gasteiger partial charge < -0.3 is 5.32 Å². The van der Waals surface area contributed by atoms with Gasteiger partial charge in [0, 0.05) is 28.0 Å². The van der Waals surface area contributed by atoms with Gasteiger partial charge >= 0.3 is 0 Å². The number of nitrogens with zero attached hydrogens (tertiary/aromatic N) is 4. The average molecular weight is 542 g/mol. The number of aromatic nitrogens is 3. The lowest BCUT2D eigenvalue weighted by Gasteiger charge is -2.13. The highest BCUT2D eigenvalue weighted by atomic mass is 35.5. The summed E-state index contributed by atoms with van der Waals surface area (Å²) in [7, 11) is 0. The van der Waals surface area contributed by atoms with Crippen LogP contribution in [0.1, 0.15) is 32.9 Å². The number of halogens is 2. The van der Waals surface area contributed by atoms with E-state index < -0.39 is 10.8 Å². The third-order valence-electron chi connectivity index (χ3n) is 5.54. The number of carbonyl (C=O) groups excluding carboxylic acids is 1. The minimum Gasteiger partial charge on any atom is -0.345 e. The molecule has 4 aromatic rings. The standard InChI is InChI=1S/C25H21Cl2N5O3S/c1-15-5-3-4-6-18(15)14-36-25-30-29-23(31(25)22-12-19(26)9-10-20(22)27)13-28-24(33)17-8-7-16(2)21(11-17)32(34)35/h3-12H,13-14H2,1-2H3,(H,28,33). The number of amides is 1. The molecule has 4 rings (SSSR count). The highest BCUT2D eigenvalue weighted by Gasteiger charge is 2.20. The van der Waals surface area contributed by atoms with Gasteiger partial charge in [0.15, 0.2) is 11.0 Å². The molecule has 36 heavy (non-hydrogen) atoms. The van der Waals surface area contributed by atoms with E-state index in [9.17, 15) is 14.9 Å². The number of rotatable bonds is 8. The lowest BCUT2D eigenvalue weighted by Crippen LogP contribution is -2.25. The van der Waals surface area contributed by atoms with Crippen molar-refractivity contribution in [2.75, 3.05) is 0 Å². The molecule has 0 atom stereocenters. The maximum Gasteiger partial charge on any atom is 0.273 e. The second-order valence-electron chi connectivity index (χ2n) is 7.99. The highest BCUT2D eigenvalue weighted by Crippen LogP contribution is 2.31. The number of aryl methyl sites for hydroxylation is 2. The lowest BCUT2D eigenvalue weighted by atomic mass is 10.1. The van der Waals surface area contributed by atoms with Crippen molar-refractivity contribution in [2.24, 2.45) is 0 Å². The van der Waals surface area contributed by atoms with E-state index in [0.717, 1.165) is 11.1 Å². The molecule has 1 heterocycles. The van der Waals surface area contributed by atoms with Gasteiger partial charge in [-0.3, -0.25) is 19.5 Å². The van der Waals surface area contributed by atoms with Gasteiger partial charge in [0.25, 0.3) is 11.6 Å². The van der Waals surface area contributed by atoms with Crippen LogP contribution in [-0.4, -0.2) is 25.6 Å². The zero-order chi connectivity index (χ0) is 25.8. The van der Waals surface area contributed by atoms with Crippen LogP contribution >= 0.6 is 35.0 Å². The number of benzene rings is 3. The maximum absolute atomic E-state index is 12.8. The largest absolute Gasteiger partial charge is 0.345 e. The molecule has 0 spiro atoms. The average Bonchev–Trinajstić information content (AvgIpc) is 3.26. The molecule has 1 N–H and O–H groups in total. The van der Waals surface area contributed by atoms with Crippen molar-refractivity contribution in [1.29, 1.82) is 0 Å². The number of hydrogen-bond donors (Lipinski definition) is 1. The number of carbonyl (C=O) groups is 1. The summed E-state index contributed by atoms with van der Waals surface area (Å²) < 4.78 is 1.76. The smallest absolute Gasteiger partial charge is 0.273 e. The molecule has 0 saturated carbocycles.